The van der Waals surface area contributed by atoms with E-state index in [-0.39, 0.29) is 30.6 Å². The van der Waals surface area contributed by atoms with Crippen LogP contribution in [-0.4, -0.2) is 17.5 Å². The van der Waals surface area contributed by atoms with Crippen LogP contribution in [0.4, 0.5) is 11.4 Å². The van der Waals surface area contributed by atoms with Crippen molar-refractivity contribution in [2.45, 2.75) is 13.8 Å². The average Bonchev–Trinajstić information content (AvgIpc) is 2.50. The number of benzene rings is 2. The zero-order chi connectivity index (χ0) is 17.0. The predicted octanol–water partition coefficient (Wildman–Crippen LogP) is 2.84. The molecule has 0 bridgehead atoms. The second-order valence-corrected chi connectivity index (χ2v) is 4.82. The molecular formula is C14H13BN2O6. The lowest BCUT2D eigenvalue weighted by atomic mass is 10.2. The maximum absolute atomic E-state index is 10.9. The third-order valence-electron chi connectivity index (χ3n) is 3.21. The molecular weight excluding hydrogens is 303 g/mol. The summed E-state index contributed by atoms with van der Waals surface area (Å²) < 4.78 is 10.6. The minimum absolute atomic E-state index is 0.0477. The molecule has 23 heavy (non-hydrogen) atoms. The average molecular weight is 316 g/mol. The Hall–Kier alpha value is -3.10. The number of hydrogen-bond donors (Lipinski definition) is 0. The second kappa shape index (κ2) is 6.78. The van der Waals surface area contributed by atoms with Crippen LogP contribution in [0.3, 0.4) is 0 Å². The van der Waals surface area contributed by atoms with Crippen molar-refractivity contribution in [1.29, 1.82) is 0 Å². The Balaban J connectivity index is 2.03. The molecule has 0 amide bonds. The first-order valence-corrected chi connectivity index (χ1v) is 6.64. The first-order chi connectivity index (χ1) is 10.9. The van der Waals surface area contributed by atoms with E-state index < -0.39 is 9.85 Å². The van der Waals surface area contributed by atoms with Gasteiger partial charge in [0.2, 0.25) is 0 Å². The molecule has 0 aliphatic rings. The zero-order valence-electron chi connectivity index (χ0n) is 12.5. The summed E-state index contributed by atoms with van der Waals surface area (Å²) in [5.74, 6) is 0.563. The Morgan fingerprint density at radius 2 is 1.22 bits per heavy atom. The molecule has 2 aromatic carbocycles. The smallest absolute Gasteiger partial charge is 0.528 e. The molecule has 118 valence electrons. The maximum Gasteiger partial charge on any atom is 0.576 e. The van der Waals surface area contributed by atoms with Gasteiger partial charge in [0.15, 0.2) is 0 Å². The van der Waals surface area contributed by atoms with Crippen molar-refractivity contribution in [2.24, 2.45) is 0 Å². The maximum atomic E-state index is 10.9. The Kier molecular flexibility index (Phi) is 4.80. The first-order valence-electron chi connectivity index (χ1n) is 6.64. The molecule has 0 saturated heterocycles. The van der Waals surface area contributed by atoms with E-state index in [1.165, 1.54) is 12.1 Å². The Morgan fingerprint density at radius 3 is 1.57 bits per heavy atom. The van der Waals surface area contributed by atoms with Crippen LogP contribution in [0, 0.1) is 34.1 Å². The van der Waals surface area contributed by atoms with Crippen LogP contribution in [0.2, 0.25) is 0 Å². The summed E-state index contributed by atoms with van der Waals surface area (Å²) in [5, 5.41) is 21.7. The zero-order valence-corrected chi connectivity index (χ0v) is 12.5. The molecule has 0 radical (unpaired) electrons. The van der Waals surface area contributed by atoms with E-state index in [1.807, 2.05) is 0 Å². The molecule has 0 unspecified atom stereocenters. The number of nitrogens with zero attached hydrogens (tertiary/aromatic N) is 2. The van der Waals surface area contributed by atoms with Crippen molar-refractivity contribution in [3.63, 3.8) is 0 Å². The minimum Gasteiger partial charge on any atom is -0.528 e. The van der Waals surface area contributed by atoms with Crippen LogP contribution in [0.25, 0.3) is 0 Å². The summed E-state index contributed by atoms with van der Waals surface area (Å²) in [4.78, 5) is 20.7. The molecule has 0 aliphatic carbocycles. The number of aryl methyl sites for hydroxylation is 2. The highest BCUT2D eigenvalue weighted by atomic mass is 16.6. The van der Waals surface area contributed by atoms with Crippen LogP contribution >= 0.6 is 0 Å². The van der Waals surface area contributed by atoms with Crippen LogP contribution in [0.5, 0.6) is 11.5 Å². The number of hydrogen-bond acceptors (Lipinski definition) is 6. The molecule has 9 heteroatoms. The number of nitro groups is 2. The molecule has 0 aliphatic heterocycles. The Morgan fingerprint density at radius 1 is 0.826 bits per heavy atom. The van der Waals surface area contributed by atoms with Crippen molar-refractivity contribution in [3.8, 4) is 11.5 Å². The lowest BCUT2D eigenvalue weighted by molar-refractivity contribution is -0.385. The van der Waals surface area contributed by atoms with Crippen molar-refractivity contribution in [3.05, 3.63) is 67.8 Å². The molecule has 0 fully saturated rings. The third kappa shape index (κ3) is 3.97. The summed E-state index contributed by atoms with van der Waals surface area (Å²) in [7, 11) is -0.222. The van der Waals surface area contributed by atoms with Gasteiger partial charge in [0.05, 0.1) is 22.0 Å². The van der Waals surface area contributed by atoms with Gasteiger partial charge in [0, 0.05) is 11.1 Å². The van der Waals surface area contributed by atoms with Gasteiger partial charge in [-0.2, -0.15) is 0 Å². The highest BCUT2D eigenvalue weighted by Gasteiger charge is 2.14. The minimum atomic E-state index is -0.494. The van der Waals surface area contributed by atoms with Gasteiger partial charge in [-0.1, -0.05) is 0 Å². The molecule has 2 aromatic rings. The molecule has 0 heterocycles. The van der Waals surface area contributed by atoms with Crippen LogP contribution < -0.4 is 9.31 Å². The van der Waals surface area contributed by atoms with Gasteiger partial charge < -0.3 is 9.31 Å². The van der Waals surface area contributed by atoms with Gasteiger partial charge in [-0.15, -0.1) is 0 Å². The van der Waals surface area contributed by atoms with Crippen molar-refractivity contribution >= 4 is 19.1 Å². The lowest BCUT2D eigenvalue weighted by Gasteiger charge is -2.08. The van der Waals surface area contributed by atoms with E-state index in [0.717, 1.165) is 0 Å². The normalized spacial score (nSPS) is 10.0. The molecule has 0 saturated carbocycles. The summed E-state index contributed by atoms with van der Waals surface area (Å²) in [6.07, 6.45) is 0. The van der Waals surface area contributed by atoms with E-state index in [2.05, 4.69) is 0 Å². The SMILES string of the molecule is Cc1ccc(OBOc2ccc(C)c([N+](=O)[O-])c2)cc1[N+](=O)[O-]. The summed E-state index contributed by atoms with van der Waals surface area (Å²) in [6.45, 7) is 3.26. The molecule has 8 nitrogen and oxygen atoms in total. The fraction of sp³-hybridized carbons (Fsp3) is 0.143. The molecule has 0 N–H and O–H groups in total. The van der Waals surface area contributed by atoms with E-state index >= 15 is 0 Å². The fourth-order valence-electron chi connectivity index (χ4n) is 1.92. The largest absolute Gasteiger partial charge is 0.576 e. The molecule has 0 aromatic heterocycles. The Labute approximate surface area is 132 Å². The van der Waals surface area contributed by atoms with Gasteiger partial charge in [-0.3, -0.25) is 20.2 Å². The number of rotatable bonds is 6. The topological polar surface area (TPSA) is 105 Å². The summed E-state index contributed by atoms with van der Waals surface area (Å²) in [5.41, 5.74) is 0.955. The standard InChI is InChI=1S/C14H13BN2O6/c1-9-3-5-11(7-13(9)16(18)19)22-15-23-12-6-4-10(2)14(8-12)17(20)21/h3-8,15H,1-2H3. The fourth-order valence-corrected chi connectivity index (χ4v) is 1.92. The third-order valence-corrected chi connectivity index (χ3v) is 3.21. The molecule has 2 rings (SSSR count). The first kappa shape index (κ1) is 16.3. The predicted molar refractivity (Wildman–Crippen MR) is 84.1 cm³/mol. The van der Waals surface area contributed by atoms with Gasteiger partial charge in [-0.25, -0.2) is 0 Å². The van der Waals surface area contributed by atoms with Gasteiger partial charge >= 0.3 is 7.69 Å². The van der Waals surface area contributed by atoms with Gasteiger partial charge in [0.25, 0.3) is 11.4 Å². The highest BCUT2D eigenvalue weighted by Crippen LogP contribution is 2.25. The van der Waals surface area contributed by atoms with Crippen LogP contribution in [0.1, 0.15) is 11.1 Å². The molecule has 0 atom stereocenters. The van der Waals surface area contributed by atoms with Crippen LogP contribution in [-0.2, 0) is 0 Å². The van der Waals surface area contributed by atoms with Gasteiger partial charge in [-0.05, 0) is 38.1 Å². The van der Waals surface area contributed by atoms with E-state index in [0.29, 0.717) is 11.1 Å². The van der Waals surface area contributed by atoms with Crippen molar-refractivity contribution in [1.82, 2.24) is 0 Å². The quantitative estimate of drug-likeness (QED) is 0.461. The monoisotopic (exact) mass is 316 g/mol. The lowest BCUT2D eigenvalue weighted by Crippen LogP contribution is -2.11. The van der Waals surface area contributed by atoms with Crippen molar-refractivity contribution < 1.29 is 19.2 Å². The summed E-state index contributed by atoms with van der Waals surface area (Å²) in [6, 6.07) is 8.92. The second-order valence-electron chi connectivity index (χ2n) is 4.82. The highest BCUT2D eigenvalue weighted by molar-refractivity contribution is 6.20. The summed E-state index contributed by atoms with van der Waals surface area (Å²) >= 11 is 0. The van der Waals surface area contributed by atoms with E-state index in [4.69, 9.17) is 9.31 Å². The molecule has 0 spiro atoms. The van der Waals surface area contributed by atoms with E-state index in [1.54, 1.807) is 38.1 Å². The van der Waals surface area contributed by atoms with Crippen molar-refractivity contribution in [2.75, 3.05) is 0 Å². The Bertz CT molecular complexity index is 701. The van der Waals surface area contributed by atoms with Gasteiger partial charge in [0.1, 0.15) is 11.5 Å². The van der Waals surface area contributed by atoms with Crippen LogP contribution in [0.15, 0.2) is 36.4 Å². The number of nitro benzene ring substituents is 2. The van der Waals surface area contributed by atoms with E-state index in [9.17, 15) is 20.2 Å².